The van der Waals surface area contributed by atoms with Gasteiger partial charge in [-0.2, -0.15) is 5.26 Å². The Balaban J connectivity index is 2.28. The lowest BCUT2D eigenvalue weighted by Crippen LogP contribution is -1.86. The average molecular weight is 266 g/mol. The quantitative estimate of drug-likeness (QED) is 0.663. The monoisotopic (exact) mass is 266 g/mol. The van der Waals surface area contributed by atoms with Crippen molar-refractivity contribution in [2.45, 2.75) is 6.92 Å². The number of carbonyl (C=O) groups is 1. The van der Waals surface area contributed by atoms with Crippen molar-refractivity contribution in [2.75, 3.05) is 0 Å². The van der Waals surface area contributed by atoms with Crippen LogP contribution in [0.4, 0.5) is 0 Å². The fraction of sp³-hybridized carbons (Fsp3) is 0.0667. The van der Waals surface area contributed by atoms with Gasteiger partial charge in [0.2, 0.25) is 0 Å². The van der Waals surface area contributed by atoms with Crippen LogP contribution in [-0.2, 0) is 0 Å². The number of carbonyl (C=O) groups excluding carboxylic acids is 1. The second-order valence-electron chi connectivity index (χ2n) is 4.23. The van der Waals surface area contributed by atoms with Gasteiger partial charge in [0, 0.05) is 11.7 Å². The maximum absolute atomic E-state index is 11.4. The molecule has 19 heavy (non-hydrogen) atoms. The van der Waals surface area contributed by atoms with Crippen LogP contribution in [0.3, 0.4) is 0 Å². The van der Waals surface area contributed by atoms with Crippen LogP contribution in [0.15, 0.2) is 42.6 Å². The molecule has 0 aromatic carbocycles. The molecule has 3 heterocycles. The molecule has 0 aliphatic heterocycles. The Hall–Kier alpha value is -2.38. The molecule has 0 unspecified atom stereocenters. The molecular formula is C15H10N2OS. The van der Waals surface area contributed by atoms with Crippen LogP contribution in [-0.4, -0.2) is 10.2 Å². The van der Waals surface area contributed by atoms with E-state index in [-0.39, 0.29) is 5.78 Å². The topological polar surface area (TPSA) is 45.3 Å². The highest BCUT2D eigenvalue weighted by Crippen LogP contribution is 2.32. The Bertz CT molecular complexity index is 820. The lowest BCUT2D eigenvalue weighted by molar-refractivity contribution is 0.102. The predicted molar refractivity (Wildman–Crippen MR) is 75.4 cm³/mol. The summed E-state index contributed by atoms with van der Waals surface area (Å²) < 4.78 is 1.98. The summed E-state index contributed by atoms with van der Waals surface area (Å²) in [4.78, 5) is 13.0. The molecule has 0 N–H and O–H groups in total. The second kappa shape index (κ2) is 4.38. The molecule has 0 saturated heterocycles. The number of Topliss-reactive ketones (excluding diaryl/α,β-unsaturated/α-hetero) is 1. The number of nitrogens with zero attached hydrogens (tertiary/aromatic N) is 2. The van der Waals surface area contributed by atoms with E-state index in [1.807, 2.05) is 47.0 Å². The smallest absolute Gasteiger partial charge is 0.169 e. The number of pyridine rings is 1. The van der Waals surface area contributed by atoms with Crippen LogP contribution < -0.4 is 0 Å². The van der Waals surface area contributed by atoms with Crippen molar-refractivity contribution in [3.8, 4) is 16.6 Å². The fourth-order valence-electron chi connectivity index (χ4n) is 2.11. The van der Waals surface area contributed by atoms with Gasteiger partial charge in [-0.05, 0) is 37.3 Å². The molecule has 0 aliphatic carbocycles. The van der Waals surface area contributed by atoms with Crippen LogP contribution in [0, 0.1) is 11.3 Å². The van der Waals surface area contributed by atoms with Crippen molar-refractivity contribution in [2.24, 2.45) is 0 Å². The van der Waals surface area contributed by atoms with E-state index in [0.717, 1.165) is 16.1 Å². The summed E-state index contributed by atoms with van der Waals surface area (Å²) in [7, 11) is 0. The molecule has 3 rings (SSSR count). The van der Waals surface area contributed by atoms with E-state index in [1.54, 1.807) is 6.92 Å². The zero-order valence-corrected chi connectivity index (χ0v) is 11.1. The van der Waals surface area contributed by atoms with Gasteiger partial charge >= 0.3 is 0 Å². The summed E-state index contributed by atoms with van der Waals surface area (Å²) in [5.41, 5.74) is 2.46. The van der Waals surface area contributed by atoms with Gasteiger partial charge in [-0.3, -0.25) is 4.79 Å². The van der Waals surface area contributed by atoms with E-state index in [9.17, 15) is 10.1 Å². The molecule has 0 radical (unpaired) electrons. The molecule has 0 spiro atoms. The van der Waals surface area contributed by atoms with Crippen LogP contribution >= 0.6 is 11.3 Å². The molecule has 3 aromatic rings. The van der Waals surface area contributed by atoms with Crippen molar-refractivity contribution in [1.29, 1.82) is 5.26 Å². The highest BCUT2D eigenvalue weighted by atomic mass is 32.1. The van der Waals surface area contributed by atoms with Gasteiger partial charge in [-0.15, -0.1) is 11.3 Å². The first-order chi connectivity index (χ1) is 9.20. The van der Waals surface area contributed by atoms with Gasteiger partial charge in [0.1, 0.15) is 6.07 Å². The van der Waals surface area contributed by atoms with Gasteiger partial charge in [0.25, 0.3) is 0 Å². The first kappa shape index (κ1) is 11.7. The maximum atomic E-state index is 11.4. The van der Waals surface area contributed by atoms with Gasteiger partial charge in [-0.1, -0.05) is 6.07 Å². The maximum Gasteiger partial charge on any atom is 0.169 e. The summed E-state index contributed by atoms with van der Waals surface area (Å²) in [6.45, 7) is 1.55. The molecule has 0 bridgehead atoms. The summed E-state index contributed by atoms with van der Waals surface area (Å²) in [5.74, 6) is 0.0515. The molecular weight excluding hydrogens is 256 g/mol. The summed E-state index contributed by atoms with van der Waals surface area (Å²) in [6, 6.07) is 13.6. The number of rotatable bonds is 2. The molecule has 0 saturated carbocycles. The number of nitriles is 1. The Morgan fingerprint density at radius 1 is 1.32 bits per heavy atom. The molecule has 92 valence electrons. The Morgan fingerprint density at radius 3 is 2.84 bits per heavy atom. The third-order valence-electron chi connectivity index (χ3n) is 2.99. The zero-order chi connectivity index (χ0) is 13.4. The van der Waals surface area contributed by atoms with Gasteiger partial charge in [-0.25, -0.2) is 0 Å². The molecule has 3 aromatic heterocycles. The highest BCUT2D eigenvalue weighted by Gasteiger charge is 2.14. The molecule has 0 atom stereocenters. The van der Waals surface area contributed by atoms with Crippen LogP contribution in [0.2, 0.25) is 0 Å². The minimum atomic E-state index is 0.0515. The van der Waals surface area contributed by atoms with E-state index in [0.29, 0.717) is 10.4 Å². The van der Waals surface area contributed by atoms with E-state index in [2.05, 4.69) is 6.07 Å². The van der Waals surface area contributed by atoms with Crippen molar-refractivity contribution in [1.82, 2.24) is 4.40 Å². The van der Waals surface area contributed by atoms with Crippen LogP contribution in [0.1, 0.15) is 22.2 Å². The van der Waals surface area contributed by atoms with Crippen molar-refractivity contribution < 1.29 is 4.79 Å². The number of hydrogen-bond acceptors (Lipinski definition) is 3. The lowest BCUT2D eigenvalue weighted by Gasteiger charge is -2.00. The fourth-order valence-corrected chi connectivity index (χ4v) is 3.07. The Labute approximate surface area is 114 Å². The van der Waals surface area contributed by atoms with Crippen molar-refractivity contribution >= 4 is 22.6 Å². The number of fused-ring (bicyclic) bond motifs is 1. The SMILES string of the molecule is CC(=O)c1ccc(-c2c(C#N)cc3ccccn23)s1. The molecule has 4 heteroatoms. The number of hydrogen-bond donors (Lipinski definition) is 0. The molecule has 0 fully saturated rings. The summed E-state index contributed by atoms with van der Waals surface area (Å²) in [6.07, 6.45) is 1.93. The van der Waals surface area contributed by atoms with Crippen molar-refractivity contribution in [3.05, 3.63) is 53.0 Å². The largest absolute Gasteiger partial charge is 0.315 e. The second-order valence-corrected chi connectivity index (χ2v) is 5.32. The molecule has 3 nitrogen and oxygen atoms in total. The van der Waals surface area contributed by atoms with E-state index >= 15 is 0 Å². The number of thiophene rings is 1. The number of aromatic nitrogens is 1. The van der Waals surface area contributed by atoms with Crippen LogP contribution in [0.5, 0.6) is 0 Å². The predicted octanol–water partition coefficient (Wildman–Crippen LogP) is 3.74. The van der Waals surface area contributed by atoms with Gasteiger partial charge in [0.05, 0.1) is 21.0 Å². The van der Waals surface area contributed by atoms with E-state index in [1.165, 1.54) is 11.3 Å². The Morgan fingerprint density at radius 2 is 2.16 bits per heavy atom. The van der Waals surface area contributed by atoms with Gasteiger partial charge in [0.15, 0.2) is 5.78 Å². The first-order valence-electron chi connectivity index (χ1n) is 5.82. The normalized spacial score (nSPS) is 10.5. The molecule has 0 aliphatic rings. The Kier molecular flexibility index (Phi) is 2.69. The summed E-state index contributed by atoms with van der Waals surface area (Å²) in [5, 5.41) is 9.27. The first-order valence-corrected chi connectivity index (χ1v) is 6.63. The number of ketones is 1. The standard InChI is InChI=1S/C15H10N2OS/c1-10(18)13-5-6-14(19-13)15-11(9-16)8-12-4-2-3-7-17(12)15/h2-8H,1H3. The minimum absolute atomic E-state index is 0.0515. The van der Waals surface area contributed by atoms with Gasteiger partial charge < -0.3 is 4.40 Å². The third kappa shape index (κ3) is 1.85. The minimum Gasteiger partial charge on any atom is -0.315 e. The summed E-state index contributed by atoms with van der Waals surface area (Å²) >= 11 is 1.42. The molecule has 0 amide bonds. The van der Waals surface area contributed by atoms with Crippen molar-refractivity contribution in [3.63, 3.8) is 0 Å². The van der Waals surface area contributed by atoms with Crippen LogP contribution in [0.25, 0.3) is 16.1 Å². The highest BCUT2D eigenvalue weighted by molar-refractivity contribution is 7.17. The zero-order valence-electron chi connectivity index (χ0n) is 10.3. The van der Waals surface area contributed by atoms with E-state index in [4.69, 9.17) is 0 Å². The average Bonchev–Trinajstić information content (AvgIpc) is 3.01. The lowest BCUT2D eigenvalue weighted by atomic mass is 10.2. The van der Waals surface area contributed by atoms with E-state index < -0.39 is 0 Å². The third-order valence-corrected chi connectivity index (χ3v) is 4.18.